The second kappa shape index (κ2) is 5.98. The van der Waals surface area contributed by atoms with Crippen LogP contribution in [0.15, 0.2) is 12.1 Å². The Morgan fingerprint density at radius 3 is 2.48 bits per heavy atom. The summed E-state index contributed by atoms with van der Waals surface area (Å²) in [5, 5.41) is 1.11. The number of halogens is 3. The van der Waals surface area contributed by atoms with Crippen molar-refractivity contribution in [1.29, 1.82) is 0 Å². The van der Waals surface area contributed by atoms with Crippen molar-refractivity contribution in [3.63, 3.8) is 0 Å². The molecular weight excluding hydrogens is 327 g/mol. The number of aromatic nitrogens is 2. The third-order valence-corrected chi connectivity index (χ3v) is 5.55. The second-order valence-corrected chi connectivity index (χ2v) is 7.46. The van der Waals surface area contributed by atoms with Crippen molar-refractivity contribution in [2.75, 3.05) is 0 Å². The molecule has 5 heteroatoms. The van der Waals surface area contributed by atoms with Gasteiger partial charge in [0, 0.05) is 6.54 Å². The van der Waals surface area contributed by atoms with E-state index < -0.39 is 0 Å². The van der Waals surface area contributed by atoms with E-state index in [9.17, 15) is 0 Å². The fourth-order valence-corrected chi connectivity index (χ4v) is 3.91. The maximum Gasteiger partial charge on any atom is 0.124 e. The lowest BCUT2D eigenvalue weighted by atomic mass is 9.75. The van der Waals surface area contributed by atoms with Crippen LogP contribution in [0.1, 0.15) is 44.9 Å². The summed E-state index contributed by atoms with van der Waals surface area (Å²) in [6, 6.07) is 3.74. The first-order chi connectivity index (χ1) is 10.0. The van der Waals surface area contributed by atoms with Crippen molar-refractivity contribution < 1.29 is 0 Å². The molecule has 0 unspecified atom stereocenters. The molecule has 0 atom stereocenters. The van der Waals surface area contributed by atoms with Gasteiger partial charge in [-0.2, -0.15) is 0 Å². The number of rotatable bonds is 3. The molecule has 21 heavy (non-hydrogen) atoms. The number of hydrogen-bond acceptors (Lipinski definition) is 1. The first-order valence-corrected chi connectivity index (χ1v) is 8.72. The summed E-state index contributed by atoms with van der Waals surface area (Å²) in [5.41, 5.74) is 2.23. The fourth-order valence-electron chi connectivity index (χ4n) is 3.39. The third kappa shape index (κ3) is 3.04. The maximum atomic E-state index is 6.18. The first-order valence-electron chi connectivity index (χ1n) is 7.42. The Balaban J connectivity index is 2.05. The summed E-state index contributed by atoms with van der Waals surface area (Å²) >= 11 is 18.4. The molecule has 2 nitrogen and oxygen atoms in total. The molecule has 114 valence electrons. The molecule has 0 spiro atoms. The van der Waals surface area contributed by atoms with E-state index in [2.05, 4.69) is 16.5 Å². The van der Waals surface area contributed by atoms with Gasteiger partial charge in [0.1, 0.15) is 5.82 Å². The van der Waals surface area contributed by atoms with Gasteiger partial charge in [-0.15, -0.1) is 11.6 Å². The minimum Gasteiger partial charge on any atom is -0.326 e. The molecule has 0 radical (unpaired) electrons. The lowest BCUT2D eigenvalue weighted by Crippen LogP contribution is -2.26. The minimum atomic E-state index is 0.318. The Kier molecular flexibility index (Phi) is 4.40. The second-order valence-electron chi connectivity index (χ2n) is 6.37. The Hall–Kier alpha value is -0.440. The highest BCUT2D eigenvalue weighted by atomic mass is 35.5. The van der Waals surface area contributed by atoms with E-state index in [1.54, 1.807) is 0 Å². The van der Waals surface area contributed by atoms with Gasteiger partial charge >= 0.3 is 0 Å². The zero-order chi connectivity index (χ0) is 15.0. The molecule has 1 aromatic heterocycles. The van der Waals surface area contributed by atoms with E-state index in [-0.39, 0.29) is 0 Å². The lowest BCUT2D eigenvalue weighted by molar-refractivity contribution is 0.184. The molecule has 0 aliphatic heterocycles. The van der Waals surface area contributed by atoms with Gasteiger partial charge < -0.3 is 4.57 Å². The van der Waals surface area contributed by atoms with E-state index in [0.717, 1.165) is 23.4 Å². The highest BCUT2D eigenvalue weighted by Crippen LogP contribution is 2.39. The molecule has 1 aromatic carbocycles. The van der Waals surface area contributed by atoms with Crippen molar-refractivity contribution in [2.45, 2.75) is 51.5 Å². The van der Waals surface area contributed by atoms with Crippen LogP contribution in [0.2, 0.25) is 10.0 Å². The highest BCUT2D eigenvalue weighted by Gasteiger charge is 2.29. The summed E-state index contributed by atoms with van der Waals surface area (Å²) in [5.74, 6) is 1.30. The molecule has 2 aromatic rings. The molecule has 1 fully saturated rings. The number of benzene rings is 1. The smallest absolute Gasteiger partial charge is 0.124 e. The number of fused-ring (bicyclic) bond motifs is 1. The van der Waals surface area contributed by atoms with Crippen molar-refractivity contribution in [1.82, 2.24) is 9.55 Å². The number of imidazole rings is 1. The molecule has 3 rings (SSSR count). The van der Waals surface area contributed by atoms with Crippen LogP contribution >= 0.6 is 34.8 Å². The average molecular weight is 346 g/mol. The van der Waals surface area contributed by atoms with Crippen LogP contribution in [0.3, 0.4) is 0 Å². The molecule has 1 saturated carbocycles. The molecule has 0 saturated heterocycles. The van der Waals surface area contributed by atoms with Crippen molar-refractivity contribution in [3.8, 4) is 0 Å². The number of hydrogen-bond donors (Lipinski definition) is 0. The van der Waals surface area contributed by atoms with E-state index in [4.69, 9.17) is 34.8 Å². The quantitative estimate of drug-likeness (QED) is 0.619. The number of nitrogens with zero attached hydrogens (tertiary/aromatic N) is 2. The van der Waals surface area contributed by atoms with Gasteiger partial charge in [0.05, 0.1) is 27.0 Å². The zero-order valence-corrected chi connectivity index (χ0v) is 14.4. The summed E-state index contributed by atoms with van der Waals surface area (Å²) in [6.07, 6.45) is 6.49. The first kappa shape index (κ1) is 15.5. The lowest BCUT2D eigenvalue weighted by Gasteiger charge is -2.34. The van der Waals surface area contributed by atoms with Gasteiger partial charge in [0.2, 0.25) is 0 Å². The maximum absolute atomic E-state index is 6.18. The zero-order valence-electron chi connectivity index (χ0n) is 12.1. The summed E-state index contributed by atoms with van der Waals surface area (Å²) in [4.78, 5) is 4.62. The molecule has 0 bridgehead atoms. The Bertz CT molecular complexity index is 657. The van der Waals surface area contributed by atoms with Crippen molar-refractivity contribution in [3.05, 3.63) is 28.0 Å². The van der Waals surface area contributed by atoms with Gasteiger partial charge in [-0.3, -0.25) is 0 Å². The largest absolute Gasteiger partial charge is 0.326 e. The van der Waals surface area contributed by atoms with E-state index in [0.29, 0.717) is 21.3 Å². The van der Waals surface area contributed by atoms with Gasteiger partial charge in [-0.1, -0.05) is 49.4 Å². The molecule has 1 heterocycles. The average Bonchev–Trinajstić information content (AvgIpc) is 2.77. The summed E-state index contributed by atoms with van der Waals surface area (Å²) in [7, 11) is 0. The van der Waals surface area contributed by atoms with E-state index in [1.807, 2.05) is 12.1 Å². The van der Waals surface area contributed by atoms with Crippen LogP contribution in [0.4, 0.5) is 0 Å². The molecular formula is C16H19Cl3N2. The van der Waals surface area contributed by atoms with Crippen LogP contribution in [-0.4, -0.2) is 9.55 Å². The van der Waals surface area contributed by atoms with E-state index in [1.165, 1.54) is 32.1 Å². The van der Waals surface area contributed by atoms with Crippen LogP contribution in [0.25, 0.3) is 11.0 Å². The van der Waals surface area contributed by atoms with Gasteiger partial charge in [0.25, 0.3) is 0 Å². The Morgan fingerprint density at radius 1 is 1.14 bits per heavy atom. The normalized spacial score (nSPS) is 18.3. The van der Waals surface area contributed by atoms with Gasteiger partial charge in [-0.05, 0) is 30.4 Å². The van der Waals surface area contributed by atoms with E-state index >= 15 is 0 Å². The number of alkyl halides is 1. The molecule has 1 aliphatic carbocycles. The standard InChI is InChI=1S/C16H19Cl3N2/c1-16(5-3-2-4-6-16)10-21-14-8-12(19)11(18)7-13(14)20-15(21)9-17/h7-8H,2-6,9-10H2,1H3. The third-order valence-electron chi connectivity index (χ3n) is 4.59. The Labute approximate surface area is 140 Å². The van der Waals surface area contributed by atoms with Gasteiger partial charge in [-0.25, -0.2) is 4.98 Å². The van der Waals surface area contributed by atoms with Crippen LogP contribution in [0.5, 0.6) is 0 Å². The summed E-state index contributed by atoms with van der Waals surface area (Å²) < 4.78 is 2.23. The monoisotopic (exact) mass is 344 g/mol. The van der Waals surface area contributed by atoms with Crippen molar-refractivity contribution >= 4 is 45.8 Å². The molecule has 0 N–H and O–H groups in total. The molecule has 0 amide bonds. The topological polar surface area (TPSA) is 17.8 Å². The fraction of sp³-hybridized carbons (Fsp3) is 0.562. The van der Waals surface area contributed by atoms with Crippen LogP contribution in [-0.2, 0) is 12.4 Å². The summed E-state index contributed by atoms with van der Waals surface area (Å²) in [6.45, 7) is 3.32. The van der Waals surface area contributed by atoms with Crippen molar-refractivity contribution in [2.24, 2.45) is 5.41 Å². The SMILES string of the molecule is CC1(Cn2c(CCl)nc3cc(Cl)c(Cl)cc32)CCCCC1. The predicted octanol–water partition coefficient (Wildman–Crippen LogP) is 6.05. The molecule has 1 aliphatic rings. The highest BCUT2D eigenvalue weighted by molar-refractivity contribution is 6.42. The predicted molar refractivity (Wildman–Crippen MR) is 90.5 cm³/mol. The minimum absolute atomic E-state index is 0.318. The van der Waals surface area contributed by atoms with Crippen LogP contribution in [0, 0.1) is 5.41 Å². The van der Waals surface area contributed by atoms with Gasteiger partial charge in [0.15, 0.2) is 0 Å². The van der Waals surface area contributed by atoms with Crippen LogP contribution < -0.4 is 0 Å². The Morgan fingerprint density at radius 2 is 1.81 bits per heavy atom.